The van der Waals surface area contributed by atoms with Crippen LogP contribution in [0.4, 0.5) is 5.69 Å². The summed E-state index contributed by atoms with van der Waals surface area (Å²) in [5, 5.41) is 5.03. The van der Waals surface area contributed by atoms with Crippen molar-refractivity contribution < 1.29 is 4.79 Å². The summed E-state index contributed by atoms with van der Waals surface area (Å²) in [4.78, 5) is 20.3. The lowest BCUT2D eigenvalue weighted by Gasteiger charge is -2.22. The highest BCUT2D eigenvalue weighted by molar-refractivity contribution is 7.15. The van der Waals surface area contributed by atoms with Crippen LogP contribution in [0.2, 0.25) is 0 Å². The van der Waals surface area contributed by atoms with Crippen molar-refractivity contribution in [3.8, 4) is 0 Å². The minimum atomic E-state index is 0.0350. The molecule has 6 heteroatoms. The van der Waals surface area contributed by atoms with Crippen molar-refractivity contribution in [2.24, 2.45) is 0 Å². The Morgan fingerprint density at radius 3 is 2.76 bits per heavy atom. The summed E-state index contributed by atoms with van der Waals surface area (Å²) in [5.74, 6) is 0.118. The Hall–Kier alpha value is -2.34. The number of fused-ring (bicyclic) bond motifs is 3. The minimum Gasteiger partial charge on any atom is -0.372 e. The number of nitrogens with one attached hydrogen (secondary N) is 1. The molecule has 0 spiro atoms. The van der Waals surface area contributed by atoms with Gasteiger partial charge in [-0.2, -0.15) is 0 Å². The van der Waals surface area contributed by atoms with Crippen LogP contribution in [-0.4, -0.2) is 28.4 Å². The molecule has 1 unspecified atom stereocenters. The predicted molar refractivity (Wildman–Crippen MR) is 101 cm³/mol. The molecule has 2 aromatic heterocycles. The zero-order chi connectivity index (χ0) is 17.4. The summed E-state index contributed by atoms with van der Waals surface area (Å²) in [6, 6.07) is 8.65. The normalized spacial score (nSPS) is 17.2. The average molecular weight is 354 g/mol. The van der Waals surface area contributed by atoms with Gasteiger partial charge in [0.05, 0.1) is 17.9 Å². The molecule has 1 aromatic carbocycles. The molecule has 1 aliphatic rings. The van der Waals surface area contributed by atoms with Gasteiger partial charge in [-0.15, -0.1) is 11.3 Å². The van der Waals surface area contributed by atoms with Crippen LogP contribution in [0.1, 0.15) is 43.1 Å². The van der Waals surface area contributed by atoms with Crippen molar-refractivity contribution in [3.05, 3.63) is 52.8 Å². The van der Waals surface area contributed by atoms with Crippen molar-refractivity contribution in [3.63, 3.8) is 0 Å². The number of rotatable bonds is 4. The zero-order valence-electron chi connectivity index (χ0n) is 14.5. The predicted octanol–water partition coefficient (Wildman–Crippen LogP) is 3.39. The van der Waals surface area contributed by atoms with Gasteiger partial charge in [-0.05, 0) is 31.5 Å². The molecule has 0 saturated carbocycles. The summed E-state index contributed by atoms with van der Waals surface area (Å²) in [5.41, 5.74) is 4.52. The molecule has 1 aliphatic heterocycles. The monoisotopic (exact) mass is 354 g/mol. The van der Waals surface area contributed by atoms with Crippen molar-refractivity contribution in [2.45, 2.75) is 32.7 Å². The third-order valence-corrected chi connectivity index (χ3v) is 5.73. The van der Waals surface area contributed by atoms with Gasteiger partial charge >= 0.3 is 0 Å². The zero-order valence-corrected chi connectivity index (χ0v) is 15.3. The van der Waals surface area contributed by atoms with Gasteiger partial charge in [0, 0.05) is 42.7 Å². The summed E-state index contributed by atoms with van der Waals surface area (Å²) in [7, 11) is 0. The number of hydrogen-bond acceptors (Lipinski definition) is 4. The molecule has 4 rings (SSSR count). The minimum absolute atomic E-state index is 0.0350. The second-order valence-corrected chi connectivity index (χ2v) is 7.17. The Balaban J connectivity index is 1.77. The molecule has 0 bridgehead atoms. The number of anilines is 1. The molecule has 130 valence electrons. The van der Waals surface area contributed by atoms with Crippen LogP contribution in [-0.2, 0) is 11.3 Å². The molecule has 1 atom stereocenters. The van der Waals surface area contributed by atoms with Crippen molar-refractivity contribution in [1.82, 2.24) is 14.7 Å². The van der Waals surface area contributed by atoms with Crippen LogP contribution in [0.3, 0.4) is 0 Å². The highest BCUT2D eigenvalue weighted by atomic mass is 32.1. The largest absolute Gasteiger partial charge is 0.372 e. The highest BCUT2D eigenvalue weighted by Gasteiger charge is 2.29. The fraction of sp³-hybridized carbons (Fsp3) is 0.368. The lowest BCUT2D eigenvalue weighted by molar-refractivity contribution is -0.121. The van der Waals surface area contributed by atoms with E-state index in [0.717, 1.165) is 29.4 Å². The van der Waals surface area contributed by atoms with Crippen LogP contribution in [0.25, 0.3) is 4.96 Å². The number of nitrogens with zero attached hydrogens (tertiary/aromatic N) is 3. The van der Waals surface area contributed by atoms with Gasteiger partial charge in [0.25, 0.3) is 0 Å². The smallest absolute Gasteiger partial charge is 0.221 e. The van der Waals surface area contributed by atoms with E-state index in [0.29, 0.717) is 13.0 Å². The Labute approximate surface area is 151 Å². The fourth-order valence-corrected chi connectivity index (χ4v) is 4.41. The fourth-order valence-electron chi connectivity index (χ4n) is 3.67. The van der Waals surface area contributed by atoms with Crippen molar-refractivity contribution in [2.75, 3.05) is 18.0 Å². The second-order valence-electron chi connectivity index (χ2n) is 6.30. The van der Waals surface area contributed by atoms with E-state index in [1.54, 1.807) is 11.3 Å². The molecule has 1 amide bonds. The SMILES string of the molecule is CCN(CC)c1ccc(C2CC(=O)NCc3nc4sccn4c32)cc1. The Kier molecular flexibility index (Phi) is 4.21. The molecular weight excluding hydrogens is 332 g/mol. The highest BCUT2D eigenvalue weighted by Crippen LogP contribution is 2.34. The van der Waals surface area contributed by atoms with Crippen LogP contribution in [0, 0.1) is 0 Å². The Morgan fingerprint density at radius 1 is 1.28 bits per heavy atom. The molecule has 25 heavy (non-hydrogen) atoms. The summed E-state index contributed by atoms with van der Waals surface area (Å²) in [6.07, 6.45) is 2.51. The molecule has 0 fully saturated rings. The number of amides is 1. The first-order valence-electron chi connectivity index (χ1n) is 8.77. The Bertz CT molecular complexity index is 892. The molecule has 1 N–H and O–H groups in total. The van der Waals surface area contributed by atoms with E-state index in [4.69, 9.17) is 4.98 Å². The molecule has 0 aliphatic carbocycles. The van der Waals surface area contributed by atoms with E-state index in [-0.39, 0.29) is 11.8 Å². The third kappa shape index (κ3) is 2.80. The summed E-state index contributed by atoms with van der Waals surface area (Å²) >= 11 is 1.63. The lowest BCUT2D eigenvalue weighted by Crippen LogP contribution is -2.22. The van der Waals surface area contributed by atoms with E-state index in [9.17, 15) is 4.79 Å². The Morgan fingerprint density at radius 2 is 2.04 bits per heavy atom. The molecule has 0 saturated heterocycles. The number of imidazole rings is 1. The topological polar surface area (TPSA) is 49.6 Å². The maximum absolute atomic E-state index is 12.2. The maximum Gasteiger partial charge on any atom is 0.221 e. The van der Waals surface area contributed by atoms with E-state index in [1.807, 2.05) is 5.38 Å². The lowest BCUT2D eigenvalue weighted by atomic mass is 9.91. The van der Waals surface area contributed by atoms with Crippen LogP contribution in [0.5, 0.6) is 0 Å². The van der Waals surface area contributed by atoms with E-state index in [2.05, 4.69) is 58.9 Å². The second kappa shape index (κ2) is 6.52. The summed E-state index contributed by atoms with van der Waals surface area (Å²) in [6.45, 7) is 6.82. The number of thiazole rings is 1. The molecular formula is C19H22N4OS. The van der Waals surface area contributed by atoms with Gasteiger partial charge < -0.3 is 10.2 Å². The third-order valence-electron chi connectivity index (χ3n) is 4.97. The first-order chi connectivity index (χ1) is 12.2. The quantitative estimate of drug-likeness (QED) is 0.781. The first-order valence-corrected chi connectivity index (χ1v) is 9.65. The number of hydrogen-bond donors (Lipinski definition) is 1. The number of carbonyl (C=O) groups excluding carboxylic acids is 1. The number of benzene rings is 1. The van der Waals surface area contributed by atoms with E-state index >= 15 is 0 Å². The van der Waals surface area contributed by atoms with E-state index in [1.165, 1.54) is 11.3 Å². The van der Waals surface area contributed by atoms with Crippen LogP contribution in [0.15, 0.2) is 35.8 Å². The van der Waals surface area contributed by atoms with Gasteiger partial charge in [-0.25, -0.2) is 4.98 Å². The van der Waals surface area contributed by atoms with Crippen molar-refractivity contribution in [1.29, 1.82) is 0 Å². The molecule has 5 nitrogen and oxygen atoms in total. The van der Waals surface area contributed by atoms with Crippen LogP contribution < -0.4 is 10.2 Å². The molecule has 3 aromatic rings. The van der Waals surface area contributed by atoms with Crippen molar-refractivity contribution >= 4 is 27.9 Å². The van der Waals surface area contributed by atoms with Gasteiger partial charge in [0.1, 0.15) is 0 Å². The van der Waals surface area contributed by atoms with Gasteiger partial charge in [0.2, 0.25) is 5.91 Å². The number of aromatic nitrogens is 2. The van der Waals surface area contributed by atoms with E-state index < -0.39 is 0 Å². The number of carbonyl (C=O) groups is 1. The standard InChI is InChI=1S/C19H22N4OS/c1-3-22(4-2)14-7-5-13(6-8-14)15-11-17(24)20-12-16-18(15)23-9-10-25-19(23)21-16/h5-10,15H,3-4,11-12H2,1-2H3,(H,20,24). The summed E-state index contributed by atoms with van der Waals surface area (Å²) < 4.78 is 2.14. The van der Waals surface area contributed by atoms with Gasteiger partial charge in [0.15, 0.2) is 4.96 Å². The average Bonchev–Trinajstić information content (AvgIpc) is 3.16. The maximum atomic E-state index is 12.2. The van der Waals surface area contributed by atoms with Gasteiger partial charge in [-0.1, -0.05) is 12.1 Å². The van der Waals surface area contributed by atoms with Gasteiger partial charge in [-0.3, -0.25) is 9.20 Å². The molecule has 0 radical (unpaired) electrons. The first kappa shape index (κ1) is 16.1. The van der Waals surface area contributed by atoms with Crippen LogP contribution >= 0.6 is 11.3 Å². The molecule has 3 heterocycles.